The zero-order valence-corrected chi connectivity index (χ0v) is 16.3. The van der Waals surface area contributed by atoms with E-state index < -0.39 is 0 Å². The van der Waals surface area contributed by atoms with Crippen LogP contribution in [0.15, 0.2) is 29.8 Å². The van der Waals surface area contributed by atoms with Crippen molar-refractivity contribution < 1.29 is 9.53 Å². The Morgan fingerprint density at radius 3 is 2.63 bits per heavy atom. The van der Waals surface area contributed by atoms with Gasteiger partial charge in [0, 0.05) is 24.2 Å². The van der Waals surface area contributed by atoms with Crippen LogP contribution >= 0.6 is 0 Å². The fraction of sp³-hybridized carbons (Fsp3) is 0.609. The fourth-order valence-corrected chi connectivity index (χ4v) is 6.23. The third kappa shape index (κ3) is 2.98. The molecule has 4 aliphatic rings. The van der Waals surface area contributed by atoms with E-state index in [0.717, 1.165) is 42.3 Å². The monoisotopic (exact) mass is 366 g/mol. The Morgan fingerprint density at radius 1 is 1.07 bits per heavy atom. The van der Waals surface area contributed by atoms with Crippen molar-refractivity contribution in [2.45, 2.75) is 50.6 Å². The molecule has 0 bridgehead atoms. The number of fused-ring (bicyclic) bond motifs is 2. The highest BCUT2D eigenvalue weighted by atomic mass is 16.5. The summed E-state index contributed by atoms with van der Waals surface area (Å²) in [7, 11) is 1.68. The van der Waals surface area contributed by atoms with E-state index in [9.17, 15) is 4.79 Å². The van der Waals surface area contributed by atoms with Crippen LogP contribution in [0, 0.1) is 11.8 Å². The van der Waals surface area contributed by atoms with Crippen molar-refractivity contribution in [1.29, 1.82) is 0 Å². The first-order chi connectivity index (χ1) is 13.2. The van der Waals surface area contributed by atoms with Crippen LogP contribution in [0.3, 0.4) is 0 Å². The van der Waals surface area contributed by atoms with Crippen LogP contribution < -0.4 is 4.74 Å². The lowest BCUT2D eigenvalue weighted by Gasteiger charge is -2.58. The number of benzene rings is 1. The van der Waals surface area contributed by atoms with Gasteiger partial charge in [0.15, 0.2) is 0 Å². The number of amides is 1. The Balaban J connectivity index is 1.39. The number of ether oxygens (including phenoxy) is 1. The molecule has 0 spiro atoms. The molecule has 1 amide bonds. The summed E-state index contributed by atoms with van der Waals surface area (Å²) >= 11 is 0. The summed E-state index contributed by atoms with van der Waals surface area (Å²) in [6.45, 7) is 3.53. The molecule has 1 aromatic carbocycles. The van der Waals surface area contributed by atoms with E-state index in [4.69, 9.17) is 4.74 Å². The standard InChI is InChI=1S/C23H30N2O2/c1-27-19-9-6-16(7-10-19)14-17-8-11-21-20-5-3-13-24-12-2-4-18(22(20)24)15-25(21)23(17)26/h6-7,9-10,14,18,20-22H,2-5,8,11-13,15H2,1H3/b17-14+/t18-,20+,21+,22-/m0/s1. The number of nitrogens with zero attached hydrogens (tertiary/aromatic N) is 2. The van der Waals surface area contributed by atoms with Crippen LogP contribution in [0.4, 0.5) is 0 Å². The molecular formula is C23H30N2O2. The van der Waals surface area contributed by atoms with E-state index >= 15 is 0 Å². The molecule has 0 radical (unpaired) electrons. The molecule has 0 unspecified atom stereocenters. The Labute approximate surface area is 162 Å². The Bertz CT molecular complexity index is 739. The maximum Gasteiger partial charge on any atom is 0.250 e. The highest BCUT2D eigenvalue weighted by Crippen LogP contribution is 2.45. The van der Waals surface area contributed by atoms with Gasteiger partial charge in [-0.25, -0.2) is 0 Å². The molecule has 144 valence electrons. The maximum atomic E-state index is 13.3. The molecule has 1 aromatic rings. The third-order valence-corrected chi connectivity index (χ3v) is 7.37. The highest BCUT2D eigenvalue weighted by molar-refractivity contribution is 5.99. The Morgan fingerprint density at radius 2 is 1.85 bits per heavy atom. The SMILES string of the molecule is COc1ccc(/C=C2\CC[C@@H]3[C@H]4CCCN5CCC[C@@H](CN3C2=O)[C@@H]45)cc1. The van der Waals surface area contributed by atoms with Crippen molar-refractivity contribution in [2.75, 3.05) is 26.7 Å². The molecule has 0 N–H and O–H groups in total. The van der Waals surface area contributed by atoms with Gasteiger partial charge in [-0.15, -0.1) is 0 Å². The molecule has 4 nitrogen and oxygen atoms in total. The molecule has 4 saturated heterocycles. The quantitative estimate of drug-likeness (QED) is 0.750. The average Bonchev–Trinajstić information content (AvgIpc) is 2.71. The molecule has 27 heavy (non-hydrogen) atoms. The maximum absolute atomic E-state index is 13.3. The molecule has 4 atom stereocenters. The van der Waals surface area contributed by atoms with Gasteiger partial charge in [-0.2, -0.15) is 0 Å². The van der Waals surface area contributed by atoms with Crippen molar-refractivity contribution in [3.63, 3.8) is 0 Å². The van der Waals surface area contributed by atoms with Gasteiger partial charge < -0.3 is 9.64 Å². The summed E-state index contributed by atoms with van der Waals surface area (Å²) in [5, 5.41) is 0. The predicted octanol–water partition coefficient (Wildman–Crippen LogP) is 3.57. The van der Waals surface area contributed by atoms with E-state index in [1.807, 2.05) is 24.3 Å². The first-order valence-electron chi connectivity index (χ1n) is 10.6. The van der Waals surface area contributed by atoms with Crippen LogP contribution in [-0.2, 0) is 4.79 Å². The first kappa shape index (κ1) is 17.3. The minimum atomic E-state index is 0.295. The lowest BCUT2D eigenvalue weighted by Crippen LogP contribution is -2.66. The van der Waals surface area contributed by atoms with Crippen LogP contribution in [0.25, 0.3) is 6.08 Å². The summed E-state index contributed by atoms with van der Waals surface area (Å²) in [6.07, 6.45) is 9.36. The van der Waals surface area contributed by atoms with Gasteiger partial charge in [0.2, 0.25) is 5.91 Å². The Hall–Kier alpha value is -1.81. The van der Waals surface area contributed by atoms with Crippen molar-refractivity contribution in [1.82, 2.24) is 9.80 Å². The summed E-state index contributed by atoms with van der Waals surface area (Å²) < 4.78 is 5.24. The number of rotatable bonds is 2. The van der Waals surface area contributed by atoms with Gasteiger partial charge >= 0.3 is 0 Å². The van der Waals surface area contributed by atoms with Gasteiger partial charge in [-0.3, -0.25) is 9.69 Å². The molecule has 5 rings (SSSR count). The number of hydrogen-bond donors (Lipinski definition) is 0. The number of carbonyl (C=O) groups is 1. The second kappa shape index (κ2) is 6.97. The van der Waals surface area contributed by atoms with E-state index in [1.54, 1.807) is 7.11 Å². The van der Waals surface area contributed by atoms with Crippen LogP contribution in [-0.4, -0.2) is 54.5 Å². The minimum absolute atomic E-state index is 0.295. The van der Waals surface area contributed by atoms with E-state index in [0.29, 0.717) is 23.8 Å². The molecular weight excluding hydrogens is 336 g/mol. The number of hydrogen-bond acceptors (Lipinski definition) is 3. The molecule has 4 aliphatic heterocycles. The van der Waals surface area contributed by atoms with Crippen LogP contribution in [0.1, 0.15) is 44.1 Å². The predicted molar refractivity (Wildman–Crippen MR) is 107 cm³/mol. The first-order valence-corrected chi connectivity index (χ1v) is 10.6. The largest absolute Gasteiger partial charge is 0.497 e. The fourth-order valence-electron chi connectivity index (χ4n) is 6.23. The molecule has 0 aromatic heterocycles. The number of carbonyl (C=O) groups excluding carboxylic acids is 1. The smallest absolute Gasteiger partial charge is 0.250 e. The lowest BCUT2D eigenvalue weighted by molar-refractivity contribution is -0.145. The second-order valence-corrected chi connectivity index (χ2v) is 8.74. The molecule has 0 saturated carbocycles. The summed E-state index contributed by atoms with van der Waals surface area (Å²) in [5.41, 5.74) is 2.08. The molecule has 4 heterocycles. The Kier molecular flexibility index (Phi) is 4.47. The average molecular weight is 367 g/mol. The van der Waals surface area contributed by atoms with Gasteiger partial charge in [0.25, 0.3) is 0 Å². The summed E-state index contributed by atoms with van der Waals surface area (Å²) in [5.74, 6) is 2.53. The molecule has 4 heteroatoms. The topological polar surface area (TPSA) is 32.8 Å². The molecule has 4 fully saturated rings. The number of piperidine rings is 4. The van der Waals surface area contributed by atoms with Crippen molar-refractivity contribution in [3.8, 4) is 5.75 Å². The second-order valence-electron chi connectivity index (χ2n) is 8.74. The highest BCUT2D eigenvalue weighted by Gasteiger charge is 2.51. The zero-order chi connectivity index (χ0) is 18.4. The zero-order valence-electron chi connectivity index (χ0n) is 16.3. The minimum Gasteiger partial charge on any atom is -0.497 e. The van der Waals surface area contributed by atoms with Gasteiger partial charge in [-0.1, -0.05) is 12.1 Å². The third-order valence-electron chi connectivity index (χ3n) is 7.37. The van der Waals surface area contributed by atoms with E-state index in [1.165, 1.54) is 38.8 Å². The van der Waals surface area contributed by atoms with Crippen molar-refractivity contribution in [3.05, 3.63) is 35.4 Å². The normalized spacial score (nSPS) is 34.9. The van der Waals surface area contributed by atoms with Crippen LogP contribution in [0.2, 0.25) is 0 Å². The summed E-state index contributed by atoms with van der Waals surface area (Å²) in [4.78, 5) is 18.4. The van der Waals surface area contributed by atoms with Gasteiger partial charge in [0.05, 0.1) is 7.11 Å². The van der Waals surface area contributed by atoms with Gasteiger partial charge in [-0.05, 0) is 87.2 Å². The lowest BCUT2D eigenvalue weighted by atomic mass is 9.67. The van der Waals surface area contributed by atoms with Crippen molar-refractivity contribution in [2.24, 2.45) is 11.8 Å². The number of methoxy groups -OCH3 is 1. The van der Waals surface area contributed by atoms with E-state index in [-0.39, 0.29) is 0 Å². The summed E-state index contributed by atoms with van der Waals surface area (Å²) in [6, 6.07) is 9.22. The van der Waals surface area contributed by atoms with E-state index in [2.05, 4.69) is 15.9 Å². The van der Waals surface area contributed by atoms with Crippen LogP contribution in [0.5, 0.6) is 5.75 Å². The molecule has 0 aliphatic carbocycles. The van der Waals surface area contributed by atoms with Gasteiger partial charge in [0.1, 0.15) is 5.75 Å². The van der Waals surface area contributed by atoms with Crippen molar-refractivity contribution >= 4 is 12.0 Å².